The van der Waals surface area contributed by atoms with E-state index in [2.05, 4.69) is 16.7 Å². The maximum atomic E-state index is 13.6. The quantitative estimate of drug-likeness (QED) is 0.531. The number of para-hydroxylation sites is 1. The molecule has 0 bridgehead atoms. The first kappa shape index (κ1) is 26.4. The average molecular weight is 516 g/mol. The van der Waals surface area contributed by atoms with Crippen molar-refractivity contribution in [1.82, 2.24) is 9.80 Å². The van der Waals surface area contributed by atoms with Crippen LogP contribution in [0.4, 0.5) is 5.69 Å². The van der Waals surface area contributed by atoms with Crippen molar-refractivity contribution in [3.63, 3.8) is 0 Å². The van der Waals surface area contributed by atoms with Gasteiger partial charge in [0.2, 0.25) is 0 Å². The highest BCUT2D eigenvalue weighted by Crippen LogP contribution is 2.36. The predicted octanol–water partition coefficient (Wildman–Crippen LogP) is 3.36. The first-order chi connectivity index (χ1) is 17.1. The minimum atomic E-state index is -3.90. The van der Waals surface area contributed by atoms with E-state index in [9.17, 15) is 18.3 Å². The number of anilines is 1. The fourth-order valence-electron chi connectivity index (χ4n) is 4.59. The van der Waals surface area contributed by atoms with Crippen LogP contribution in [-0.2, 0) is 10.0 Å². The molecule has 3 atom stereocenters. The molecule has 1 heterocycles. The van der Waals surface area contributed by atoms with Crippen LogP contribution in [0.5, 0.6) is 5.75 Å². The first-order valence-electron chi connectivity index (χ1n) is 12.6. The van der Waals surface area contributed by atoms with Gasteiger partial charge in [-0.3, -0.25) is 9.52 Å². The molecule has 9 heteroatoms. The van der Waals surface area contributed by atoms with Crippen LogP contribution in [0.1, 0.15) is 42.6 Å². The molecule has 0 unspecified atom stereocenters. The second-order valence-corrected chi connectivity index (χ2v) is 12.1. The SMILES string of the molecule is Cc1ccc(S(=O)(=O)Nc2cccc3c2O[C@H](CN(C)CC2CC2)[C@@H](C)CN([C@@H](C)CO)C3=O)cc1. The molecule has 2 aliphatic rings. The van der Waals surface area contributed by atoms with Crippen LogP contribution >= 0.6 is 0 Å². The Balaban J connectivity index is 1.72. The average Bonchev–Trinajstić information content (AvgIpc) is 3.65. The van der Waals surface area contributed by atoms with Gasteiger partial charge in [0, 0.05) is 25.6 Å². The number of hydrogen-bond acceptors (Lipinski definition) is 6. The molecule has 1 aliphatic carbocycles. The molecule has 2 N–H and O–H groups in total. The van der Waals surface area contributed by atoms with Gasteiger partial charge < -0.3 is 19.6 Å². The number of nitrogens with one attached hydrogen (secondary N) is 1. The maximum absolute atomic E-state index is 13.6. The molecule has 0 spiro atoms. The van der Waals surface area contributed by atoms with Crippen LogP contribution in [-0.4, -0.2) is 74.7 Å². The fourth-order valence-corrected chi connectivity index (χ4v) is 5.65. The monoisotopic (exact) mass is 515 g/mol. The third-order valence-corrected chi connectivity index (χ3v) is 8.41. The molecule has 0 radical (unpaired) electrons. The number of ether oxygens (including phenoxy) is 1. The fraction of sp³-hybridized carbons (Fsp3) is 0.519. The number of aliphatic hydroxyl groups is 1. The highest BCUT2D eigenvalue weighted by molar-refractivity contribution is 7.92. The number of hydrogen-bond donors (Lipinski definition) is 2. The number of fused-ring (bicyclic) bond motifs is 1. The van der Waals surface area contributed by atoms with E-state index in [1.54, 1.807) is 47.4 Å². The lowest BCUT2D eigenvalue weighted by atomic mass is 9.99. The smallest absolute Gasteiger partial charge is 0.262 e. The van der Waals surface area contributed by atoms with E-state index in [4.69, 9.17) is 4.74 Å². The number of likely N-dealkylation sites (N-methyl/N-ethyl adjacent to an activating group) is 1. The number of carbonyl (C=O) groups excluding carboxylic acids is 1. The topological polar surface area (TPSA) is 99.2 Å². The van der Waals surface area contributed by atoms with Crippen molar-refractivity contribution in [2.24, 2.45) is 11.8 Å². The summed E-state index contributed by atoms with van der Waals surface area (Å²) in [4.78, 5) is 17.6. The van der Waals surface area contributed by atoms with Crippen molar-refractivity contribution in [2.45, 2.75) is 50.7 Å². The van der Waals surface area contributed by atoms with Crippen LogP contribution in [0.2, 0.25) is 0 Å². The minimum Gasteiger partial charge on any atom is -0.486 e. The predicted molar refractivity (Wildman–Crippen MR) is 140 cm³/mol. The third-order valence-electron chi connectivity index (χ3n) is 7.03. The van der Waals surface area contributed by atoms with Crippen molar-refractivity contribution >= 4 is 21.6 Å². The Morgan fingerprint density at radius 3 is 2.50 bits per heavy atom. The van der Waals surface area contributed by atoms with Gasteiger partial charge in [0.25, 0.3) is 15.9 Å². The molecule has 1 aliphatic heterocycles. The molecule has 4 rings (SSSR count). The molecule has 196 valence electrons. The van der Waals surface area contributed by atoms with Gasteiger partial charge >= 0.3 is 0 Å². The van der Waals surface area contributed by atoms with Gasteiger partial charge in [-0.05, 0) is 63.9 Å². The Hall–Kier alpha value is -2.62. The third kappa shape index (κ3) is 6.02. The summed E-state index contributed by atoms with van der Waals surface area (Å²) in [5.41, 5.74) is 1.46. The standard InChI is InChI=1S/C27H37N3O5S/c1-18-8-12-22(13-9-18)36(33,34)28-24-7-5-6-23-26(24)35-25(16-29(4)15-21-10-11-21)19(2)14-30(27(23)32)20(3)17-31/h5-9,12-13,19-21,25,28,31H,10-11,14-17H2,1-4H3/t19-,20-,25+/m0/s1. The van der Waals surface area contributed by atoms with Crippen molar-refractivity contribution < 1.29 is 23.1 Å². The lowest BCUT2D eigenvalue weighted by Gasteiger charge is -2.38. The molecule has 8 nitrogen and oxygen atoms in total. The molecule has 1 fully saturated rings. The van der Waals surface area contributed by atoms with Crippen LogP contribution in [0, 0.1) is 18.8 Å². The van der Waals surface area contributed by atoms with E-state index in [1.807, 2.05) is 20.8 Å². The van der Waals surface area contributed by atoms with E-state index >= 15 is 0 Å². The van der Waals surface area contributed by atoms with Crippen LogP contribution in [0.3, 0.4) is 0 Å². The summed E-state index contributed by atoms with van der Waals surface area (Å²) in [6.45, 7) is 7.63. The number of aryl methyl sites for hydroxylation is 1. The number of carbonyl (C=O) groups is 1. The van der Waals surface area contributed by atoms with Crippen molar-refractivity contribution in [3.05, 3.63) is 53.6 Å². The Morgan fingerprint density at radius 2 is 1.86 bits per heavy atom. The molecule has 2 aromatic rings. The largest absolute Gasteiger partial charge is 0.486 e. The van der Waals surface area contributed by atoms with Gasteiger partial charge in [0.05, 0.1) is 28.8 Å². The molecule has 1 saturated carbocycles. The summed E-state index contributed by atoms with van der Waals surface area (Å²) in [5, 5.41) is 9.85. The lowest BCUT2D eigenvalue weighted by Crippen LogP contribution is -2.50. The second kappa shape index (κ2) is 10.8. The van der Waals surface area contributed by atoms with E-state index in [-0.39, 0.29) is 52.5 Å². The van der Waals surface area contributed by atoms with Gasteiger partial charge in [0.15, 0.2) is 5.75 Å². The number of sulfonamides is 1. The molecule has 2 aromatic carbocycles. The summed E-state index contributed by atoms with van der Waals surface area (Å²) in [7, 11) is -1.83. The van der Waals surface area contributed by atoms with Crippen LogP contribution < -0.4 is 9.46 Å². The molecular weight excluding hydrogens is 478 g/mol. The van der Waals surface area contributed by atoms with Gasteiger partial charge in [-0.2, -0.15) is 0 Å². The van der Waals surface area contributed by atoms with Crippen LogP contribution in [0.25, 0.3) is 0 Å². The number of amides is 1. The maximum Gasteiger partial charge on any atom is 0.262 e. The zero-order valence-corrected chi connectivity index (χ0v) is 22.3. The lowest BCUT2D eigenvalue weighted by molar-refractivity contribution is 0.0346. The molecule has 1 amide bonds. The Labute approximate surface area is 214 Å². The number of aliphatic hydroxyl groups excluding tert-OH is 1. The van der Waals surface area contributed by atoms with E-state index < -0.39 is 10.0 Å². The minimum absolute atomic E-state index is 0.0421. The van der Waals surface area contributed by atoms with Crippen molar-refractivity contribution in [3.8, 4) is 5.75 Å². The zero-order valence-electron chi connectivity index (χ0n) is 21.5. The zero-order chi connectivity index (χ0) is 26.0. The summed E-state index contributed by atoms with van der Waals surface area (Å²) in [6, 6.07) is 11.1. The van der Waals surface area contributed by atoms with E-state index in [0.717, 1.165) is 18.0 Å². The van der Waals surface area contributed by atoms with E-state index in [0.29, 0.717) is 13.1 Å². The van der Waals surface area contributed by atoms with E-state index in [1.165, 1.54) is 12.8 Å². The second-order valence-electron chi connectivity index (χ2n) is 10.4. The summed E-state index contributed by atoms with van der Waals surface area (Å²) in [6.07, 6.45) is 2.21. The van der Waals surface area contributed by atoms with Gasteiger partial charge in [-0.15, -0.1) is 0 Å². The molecule has 36 heavy (non-hydrogen) atoms. The summed E-state index contributed by atoms with van der Waals surface area (Å²) in [5.74, 6) is 0.610. The number of rotatable bonds is 9. The molecular formula is C27H37N3O5S. The van der Waals surface area contributed by atoms with Gasteiger partial charge in [-0.1, -0.05) is 30.7 Å². The Bertz CT molecular complexity index is 1180. The first-order valence-corrected chi connectivity index (χ1v) is 14.1. The number of benzene rings is 2. The Morgan fingerprint density at radius 1 is 1.17 bits per heavy atom. The highest BCUT2D eigenvalue weighted by Gasteiger charge is 2.35. The van der Waals surface area contributed by atoms with Crippen LogP contribution in [0.15, 0.2) is 47.4 Å². The molecule has 0 saturated heterocycles. The summed E-state index contributed by atoms with van der Waals surface area (Å²) < 4.78 is 35.6. The Kier molecular flexibility index (Phi) is 7.92. The van der Waals surface area contributed by atoms with Crippen molar-refractivity contribution in [2.75, 3.05) is 38.0 Å². The highest BCUT2D eigenvalue weighted by atomic mass is 32.2. The number of nitrogens with zero attached hydrogens (tertiary/aromatic N) is 2. The van der Waals surface area contributed by atoms with Gasteiger partial charge in [0.1, 0.15) is 6.10 Å². The van der Waals surface area contributed by atoms with Crippen molar-refractivity contribution in [1.29, 1.82) is 0 Å². The normalized spacial score (nSPS) is 21.4. The van der Waals surface area contributed by atoms with Gasteiger partial charge in [-0.25, -0.2) is 8.42 Å². The molecule has 0 aromatic heterocycles. The summed E-state index contributed by atoms with van der Waals surface area (Å²) >= 11 is 0.